The highest BCUT2D eigenvalue weighted by atomic mass is 35.5. The molecule has 0 bridgehead atoms. The molecule has 176 valence electrons. The van der Waals surface area contributed by atoms with Crippen LogP contribution in [0.4, 0.5) is 13.2 Å². The van der Waals surface area contributed by atoms with Gasteiger partial charge in [-0.15, -0.1) is 0 Å². The number of benzene rings is 3. The Morgan fingerprint density at radius 1 is 0.971 bits per heavy atom. The minimum absolute atomic E-state index is 0.00161. The maximum Gasteiger partial charge on any atom is 0.433 e. The van der Waals surface area contributed by atoms with Gasteiger partial charge < -0.3 is 14.6 Å². The fourth-order valence-electron chi connectivity index (χ4n) is 3.62. The average Bonchev–Trinajstić information content (AvgIpc) is 3.16. The van der Waals surface area contributed by atoms with Crippen LogP contribution in [0.15, 0.2) is 66.7 Å². The molecular weight excluding hydrogens is 469 g/mol. The van der Waals surface area contributed by atoms with Gasteiger partial charge in [-0.25, -0.2) is 0 Å². The Hall–Kier alpha value is -3.65. The van der Waals surface area contributed by atoms with E-state index in [0.29, 0.717) is 22.1 Å². The third kappa shape index (κ3) is 4.82. The number of aromatic nitrogens is 2. The Morgan fingerprint density at radius 2 is 1.62 bits per heavy atom. The van der Waals surface area contributed by atoms with Crippen LogP contribution in [-0.2, 0) is 19.8 Å². The van der Waals surface area contributed by atoms with Gasteiger partial charge in [0.05, 0.1) is 7.11 Å². The Bertz CT molecular complexity index is 1300. The number of rotatable bonds is 6. The van der Waals surface area contributed by atoms with Crippen LogP contribution >= 0.6 is 11.6 Å². The summed E-state index contributed by atoms with van der Waals surface area (Å²) < 4.78 is 53.4. The maximum atomic E-state index is 13.9. The van der Waals surface area contributed by atoms with Gasteiger partial charge in [0.2, 0.25) is 0 Å². The number of halogens is 4. The van der Waals surface area contributed by atoms with Gasteiger partial charge in [0.1, 0.15) is 29.5 Å². The van der Waals surface area contributed by atoms with Gasteiger partial charge in [-0.05, 0) is 47.5 Å². The molecule has 1 heterocycles. The SMILES string of the molecule is COc1ccc(-c2c(-c3ccc(OCc4ccc(Cl)cc4)cc3O)nn(C)c2C(F)(F)F)cc1. The van der Waals surface area contributed by atoms with Crippen LogP contribution < -0.4 is 9.47 Å². The average molecular weight is 489 g/mol. The molecule has 1 N–H and O–H groups in total. The summed E-state index contributed by atoms with van der Waals surface area (Å²) in [5, 5.41) is 15.4. The summed E-state index contributed by atoms with van der Waals surface area (Å²) in [6, 6.07) is 17.7. The number of hydrogen-bond donors (Lipinski definition) is 1. The molecule has 34 heavy (non-hydrogen) atoms. The molecule has 0 saturated carbocycles. The summed E-state index contributed by atoms with van der Waals surface area (Å²) in [6.45, 7) is 0.231. The van der Waals surface area contributed by atoms with E-state index in [1.165, 1.54) is 38.4 Å². The van der Waals surface area contributed by atoms with Crippen molar-refractivity contribution in [2.24, 2.45) is 7.05 Å². The molecule has 1 aromatic heterocycles. The number of hydrogen-bond acceptors (Lipinski definition) is 4. The summed E-state index contributed by atoms with van der Waals surface area (Å²) in [6.07, 6.45) is -4.66. The fourth-order valence-corrected chi connectivity index (χ4v) is 3.74. The van der Waals surface area contributed by atoms with E-state index in [0.717, 1.165) is 10.2 Å². The van der Waals surface area contributed by atoms with Crippen LogP contribution in [0.25, 0.3) is 22.4 Å². The standard InChI is InChI=1S/C25H20ClF3N2O3/c1-31-24(25(27,28)29)22(16-5-9-18(33-2)10-6-16)23(30-31)20-12-11-19(13-21(20)32)34-14-15-3-7-17(26)8-4-15/h3-13,32H,14H2,1-2H3. The smallest absolute Gasteiger partial charge is 0.433 e. The highest BCUT2D eigenvalue weighted by Gasteiger charge is 2.40. The number of nitrogens with zero attached hydrogens (tertiary/aromatic N) is 2. The Morgan fingerprint density at radius 3 is 2.21 bits per heavy atom. The Balaban J connectivity index is 1.72. The van der Waals surface area contributed by atoms with Gasteiger partial charge in [-0.2, -0.15) is 18.3 Å². The van der Waals surface area contributed by atoms with E-state index < -0.39 is 11.9 Å². The molecule has 0 radical (unpaired) electrons. The first-order chi connectivity index (χ1) is 16.2. The summed E-state index contributed by atoms with van der Waals surface area (Å²) in [5.74, 6) is 0.608. The van der Waals surface area contributed by atoms with Crippen molar-refractivity contribution in [2.75, 3.05) is 7.11 Å². The normalized spacial score (nSPS) is 11.5. The van der Waals surface area contributed by atoms with E-state index in [-0.39, 0.29) is 29.2 Å². The van der Waals surface area contributed by atoms with E-state index in [2.05, 4.69) is 5.10 Å². The number of alkyl halides is 3. The lowest BCUT2D eigenvalue weighted by atomic mass is 9.98. The van der Waals surface area contributed by atoms with Crippen LogP contribution in [0.1, 0.15) is 11.3 Å². The summed E-state index contributed by atoms with van der Waals surface area (Å²) in [4.78, 5) is 0. The van der Waals surface area contributed by atoms with Gasteiger partial charge >= 0.3 is 6.18 Å². The molecule has 4 rings (SSSR count). The monoisotopic (exact) mass is 488 g/mol. The third-order valence-corrected chi connectivity index (χ3v) is 5.49. The molecule has 0 fully saturated rings. The predicted molar refractivity (Wildman–Crippen MR) is 123 cm³/mol. The molecule has 5 nitrogen and oxygen atoms in total. The number of phenols is 1. The minimum Gasteiger partial charge on any atom is -0.507 e. The fraction of sp³-hybridized carbons (Fsp3) is 0.160. The second-order valence-corrected chi connectivity index (χ2v) is 7.95. The van der Waals surface area contributed by atoms with E-state index >= 15 is 0 Å². The van der Waals surface area contributed by atoms with Crippen molar-refractivity contribution in [1.29, 1.82) is 0 Å². The number of methoxy groups -OCH3 is 1. The van der Waals surface area contributed by atoms with Gasteiger partial charge in [0, 0.05) is 29.3 Å². The van der Waals surface area contributed by atoms with Gasteiger partial charge in [0.25, 0.3) is 0 Å². The second kappa shape index (κ2) is 9.30. The predicted octanol–water partition coefficient (Wildman–Crippen LogP) is 6.72. The van der Waals surface area contributed by atoms with Gasteiger partial charge in [0.15, 0.2) is 5.69 Å². The van der Waals surface area contributed by atoms with E-state index in [4.69, 9.17) is 21.1 Å². The molecule has 0 aliphatic carbocycles. The summed E-state index contributed by atoms with van der Waals surface area (Å²) >= 11 is 5.88. The van der Waals surface area contributed by atoms with Crippen LogP contribution in [-0.4, -0.2) is 22.0 Å². The Labute approximate surface area is 198 Å². The quantitative estimate of drug-likeness (QED) is 0.327. The molecule has 4 aromatic rings. The van der Waals surface area contributed by atoms with Crippen molar-refractivity contribution < 1.29 is 27.8 Å². The molecule has 0 aliphatic heterocycles. The first-order valence-corrected chi connectivity index (χ1v) is 10.5. The maximum absolute atomic E-state index is 13.9. The van der Waals surface area contributed by atoms with Crippen molar-refractivity contribution in [3.63, 3.8) is 0 Å². The molecule has 3 aromatic carbocycles. The first-order valence-electron chi connectivity index (χ1n) is 10.2. The first kappa shape index (κ1) is 23.5. The van der Waals surface area contributed by atoms with Crippen LogP contribution in [0.5, 0.6) is 17.2 Å². The molecule has 0 atom stereocenters. The van der Waals surface area contributed by atoms with Gasteiger partial charge in [-0.1, -0.05) is 35.9 Å². The summed E-state index contributed by atoms with van der Waals surface area (Å²) in [7, 11) is 2.69. The van der Waals surface area contributed by atoms with Crippen molar-refractivity contribution in [1.82, 2.24) is 9.78 Å². The van der Waals surface area contributed by atoms with Crippen molar-refractivity contribution in [2.45, 2.75) is 12.8 Å². The molecule has 0 unspecified atom stereocenters. The molecule has 0 aliphatic rings. The highest BCUT2D eigenvalue weighted by Crippen LogP contribution is 2.45. The highest BCUT2D eigenvalue weighted by molar-refractivity contribution is 6.30. The number of phenolic OH excluding ortho intramolecular Hbond substituents is 1. The molecule has 0 spiro atoms. The number of ether oxygens (including phenoxy) is 2. The zero-order valence-electron chi connectivity index (χ0n) is 18.2. The zero-order chi connectivity index (χ0) is 24.5. The number of aryl methyl sites for hydroxylation is 1. The topological polar surface area (TPSA) is 56.5 Å². The van der Waals surface area contributed by atoms with Crippen molar-refractivity contribution >= 4 is 11.6 Å². The Kier molecular flexibility index (Phi) is 6.43. The lowest BCUT2D eigenvalue weighted by molar-refractivity contribution is -0.143. The van der Waals surface area contributed by atoms with Gasteiger partial charge in [-0.3, -0.25) is 4.68 Å². The molecule has 9 heteroatoms. The molecule has 0 amide bonds. The zero-order valence-corrected chi connectivity index (χ0v) is 19.0. The summed E-state index contributed by atoms with van der Waals surface area (Å²) in [5.41, 5.74) is 0.253. The second-order valence-electron chi connectivity index (χ2n) is 7.52. The van der Waals surface area contributed by atoms with Crippen LogP contribution in [0, 0.1) is 0 Å². The molecule has 0 saturated heterocycles. The lowest BCUT2D eigenvalue weighted by Crippen LogP contribution is -2.13. The van der Waals surface area contributed by atoms with Crippen molar-refractivity contribution in [3.8, 4) is 39.6 Å². The van der Waals surface area contributed by atoms with Crippen LogP contribution in [0.3, 0.4) is 0 Å². The van der Waals surface area contributed by atoms with E-state index in [9.17, 15) is 18.3 Å². The minimum atomic E-state index is -4.66. The van der Waals surface area contributed by atoms with Crippen molar-refractivity contribution in [3.05, 3.63) is 83.0 Å². The third-order valence-electron chi connectivity index (χ3n) is 5.24. The molecular formula is C25H20ClF3N2O3. The van der Waals surface area contributed by atoms with E-state index in [1.54, 1.807) is 30.3 Å². The number of aromatic hydroxyl groups is 1. The largest absolute Gasteiger partial charge is 0.507 e. The lowest BCUT2D eigenvalue weighted by Gasteiger charge is -2.12. The van der Waals surface area contributed by atoms with Crippen LogP contribution in [0.2, 0.25) is 5.02 Å². The van der Waals surface area contributed by atoms with E-state index in [1.807, 2.05) is 12.1 Å².